The van der Waals surface area contributed by atoms with Gasteiger partial charge < -0.3 is 10.5 Å². The van der Waals surface area contributed by atoms with Crippen LogP contribution in [0.1, 0.15) is 30.5 Å². The van der Waals surface area contributed by atoms with Crippen LogP contribution in [0.5, 0.6) is 0 Å². The lowest BCUT2D eigenvalue weighted by molar-refractivity contribution is -0.00316. The Hall–Kier alpha value is -1.39. The predicted octanol–water partition coefficient (Wildman–Crippen LogP) is 3.41. The zero-order valence-electron chi connectivity index (χ0n) is 10.5. The van der Waals surface area contributed by atoms with Gasteiger partial charge >= 0.3 is 0 Å². The molecule has 2 atom stereocenters. The van der Waals surface area contributed by atoms with Crippen LogP contribution in [0.4, 0.5) is 5.69 Å². The molecule has 0 fully saturated rings. The van der Waals surface area contributed by atoms with Crippen LogP contribution in [-0.2, 0) is 11.2 Å². The number of fused-ring (bicyclic) bond motifs is 1. The van der Waals surface area contributed by atoms with Crippen LogP contribution < -0.4 is 5.73 Å². The number of anilines is 1. The molecule has 0 saturated carbocycles. The quantitative estimate of drug-likeness (QED) is 0.799. The fourth-order valence-corrected chi connectivity index (χ4v) is 3.39. The Morgan fingerprint density at radius 2 is 2.00 bits per heavy atom. The summed E-state index contributed by atoms with van der Waals surface area (Å²) in [5, 5.41) is 1.06. The molecule has 0 saturated heterocycles. The average Bonchev–Trinajstić information content (AvgIpc) is 2.74. The lowest BCUT2D eigenvalue weighted by Gasteiger charge is -2.23. The third-order valence-electron chi connectivity index (χ3n) is 3.17. The first-order valence-corrected chi connectivity index (χ1v) is 6.96. The van der Waals surface area contributed by atoms with Gasteiger partial charge in [0, 0.05) is 17.7 Å². The van der Waals surface area contributed by atoms with Gasteiger partial charge in [-0.2, -0.15) is 0 Å². The van der Waals surface area contributed by atoms with Crippen LogP contribution in [-0.4, -0.2) is 11.1 Å². The number of nitrogens with two attached hydrogens (primary N) is 1. The monoisotopic (exact) mass is 260 g/mol. The third-order valence-corrected chi connectivity index (χ3v) is 4.48. The number of nitrogens with zero attached hydrogens (tertiary/aromatic N) is 1. The molecule has 2 heterocycles. The van der Waals surface area contributed by atoms with Crippen LogP contribution in [0, 0.1) is 0 Å². The van der Waals surface area contributed by atoms with Gasteiger partial charge in [-0.1, -0.05) is 0 Å². The second kappa shape index (κ2) is 4.37. The van der Waals surface area contributed by atoms with Crippen molar-refractivity contribution in [3.05, 3.63) is 34.8 Å². The van der Waals surface area contributed by atoms with E-state index >= 15 is 0 Å². The molecule has 2 aromatic rings. The average molecular weight is 260 g/mol. The lowest BCUT2D eigenvalue weighted by Crippen LogP contribution is -2.20. The normalized spacial score (nSPS) is 22.8. The van der Waals surface area contributed by atoms with E-state index in [-0.39, 0.29) is 12.2 Å². The molecule has 0 bridgehead atoms. The van der Waals surface area contributed by atoms with Gasteiger partial charge in [0.05, 0.1) is 22.8 Å². The fraction of sp³-hybridized carbons (Fsp3) is 0.357. The molecule has 0 aliphatic carbocycles. The first kappa shape index (κ1) is 11.7. The smallest absolute Gasteiger partial charge is 0.123 e. The summed E-state index contributed by atoms with van der Waals surface area (Å²) in [5.41, 5.74) is 8.81. The van der Waals surface area contributed by atoms with Gasteiger partial charge in [0.25, 0.3) is 0 Å². The van der Waals surface area contributed by atoms with Crippen LogP contribution in [0.2, 0.25) is 0 Å². The molecular weight excluding hydrogens is 244 g/mol. The summed E-state index contributed by atoms with van der Waals surface area (Å²) in [6, 6.07) is 7.87. The maximum absolute atomic E-state index is 5.83. The Bertz CT molecular complexity index is 562. The van der Waals surface area contributed by atoms with Gasteiger partial charge in [-0.3, -0.25) is 0 Å². The third kappa shape index (κ3) is 2.02. The minimum atomic E-state index is 0.156. The summed E-state index contributed by atoms with van der Waals surface area (Å²) in [6.07, 6.45) is 1.32. The highest BCUT2D eigenvalue weighted by molar-refractivity contribution is 7.15. The van der Waals surface area contributed by atoms with Crippen molar-refractivity contribution in [2.75, 3.05) is 5.73 Å². The Balaban J connectivity index is 2.00. The summed E-state index contributed by atoms with van der Waals surface area (Å²) in [6.45, 7) is 4.20. The second-order valence-electron chi connectivity index (χ2n) is 4.75. The first-order chi connectivity index (χ1) is 8.63. The minimum absolute atomic E-state index is 0.156. The van der Waals surface area contributed by atoms with E-state index in [2.05, 4.69) is 13.8 Å². The van der Waals surface area contributed by atoms with Crippen molar-refractivity contribution in [3.8, 4) is 10.6 Å². The molecule has 2 N–H and O–H groups in total. The number of ether oxygens (including phenoxy) is 1. The Morgan fingerprint density at radius 3 is 2.72 bits per heavy atom. The van der Waals surface area contributed by atoms with Gasteiger partial charge in [0.15, 0.2) is 0 Å². The standard InChI is InChI=1S/C14H16N2OS/c1-8-7-12-13(9(2)17-8)18-14(16-12)10-3-5-11(15)6-4-10/h3-6,8-9H,7,15H2,1-2H3. The van der Waals surface area contributed by atoms with Crippen molar-refractivity contribution in [1.82, 2.24) is 4.98 Å². The van der Waals surface area contributed by atoms with Crippen molar-refractivity contribution in [2.24, 2.45) is 0 Å². The molecule has 94 valence electrons. The molecule has 3 rings (SSSR count). The molecule has 0 amide bonds. The molecule has 1 aliphatic rings. The molecule has 1 aromatic carbocycles. The Labute approximate surface area is 111 Å². The van der Waals surface area contributed by atoms with E-state index < -0.39 is 0 Å². The first-order valence-electron chi connectivity index (χ1n) is 6.14. The molecule has 3 nitrogen and oxygen atoms in total. The number of nitrogen functional groups attached to an aromatic ring is 1. The number of benzene rings is 1. The number of thiazole rings is 1. The topological polar surface area (TPSA) is 48.1 Å². The summed E-state index contributed by atoms with van der Waals surface area (Å²) >= 11 is 1.73. The van der Waals surface area contributed by atoms with Gasteiger partial charge in [0.1, 0.15) is 5.01 Å². The molecule has 2 unspecified atom stereocenters. The molecule has 0 spiro atoms. The maximum atomic E-state index is 5.83. The van der Waals surface area contributed by atoms with Gasteiger partial charge in [-0.25, -0.2) is 4.98 Å². The Kier molecular flexibility index (Phi) is 2.84. The second-order valence-corrected chi connectivity index (χ2v) is 5.78. The molecule has 0 radical (unpaired) electrons. The van der Waals surface area contributed by atoms with Crippen molar-refractivity contribution in [1.29, 1.82) is 0 Å². The molecule has 1 aromatic heterocycles. The highest BCUT2D eigenvalue weighted by Crippen LogP contribution is 2.37. The highest BCUT2D eigenvalue weighted by atomic mass is 32.1. The van der Waals surface area contributed by atoms with Crippen LogP contribution in [0.3, 0.4) is 0 Å². The van der Waals surface area contributed by atoms with E-state index in [4.69, 9.17) is 15.5 Å². The Morgan fingerprint density at radius 1 is 1.28 bits per heavy atom. The summed E-state index contributed by atoms with van der Waals surface area (Å²) in [4.78, 5) is 6.01. The number of rotatable bonds is 1. The molecule has 1 aliphatic heterocycles. The summed E-state index contributed by atoms with van der Waals surface area (Å²) in [7, 11) is 0. The van der Waals surface area contributed by atoms with Crippen molar-refractivity contribution in [3.63, 3.8) is 0 Å². The molecular formula is C14H16N2OS. The van der Waals surface area contributed by atoms with E-state index in [1.165, 1.54) is 10.6 Å². The zero-order chi connectivity index (χ0) is 12.7. The lowest BCUT2D eigenvalue weighted by atomic mass is 10.1. The molecule has 4 heteroatoms. The highest BCUT2D eigenvalue weighted by Gasteiger charge is 2.26. The van der Waals surface area contributed by atoms with Crippen LogP contribution >= 0.6 is 11.3 Å². The van der Waals surface area contributed by atoms with Gasteiger partial charge in [-0.05, 0) is 38.1 Å². The van der Waals surface area contributed by atoms with E-state index in [0.717, 1.165) is 22.7 Å². The predicted molar refractivity (Wildman–Crippen MR) is 74.6 cm³/mol. The summed E-state index contributed by atoms with van der Waals surface area (Å²) < 4.78 is 5.83. The SMILES string of the molecule is CC1Cc2nc(-c3ccc(N)cc3)sc2C(C)O1. The largest absolute Gasteiger partial charge is 0.399 e. The van der Waals surface area contributed by atoms with Crippen molar-refractivity contribution < 1.29 is 4.74 Å². The van der Waals surface area contributed by atoms with Crippen LogP contribution in [0.15, 0.2) is 24.3 Å². The number of aromatic nitrogens is 1. The van der Waals surface area contributed by atoms with E-state index in [9.17, 15) is 0 Å². The van der Waals surface area contributed by atoms with E-state index in [0.29, 0.717) is 0 Å². The zero-order valence-corrected chi connectivity index (χ0v) is 11.3. The van der Waals surface area contributed by atoms with Gasteiger partial charge in [-0.15, -0.1) is 11.3 Å². The van der Waals surface area contributed by atoms with E-state index in [1.807, 2.05) is 24.3 Å². The number of hydrogen-bond acceptors (Lipinski definition) is 4. The van der Waals surface area contributed by atoms with Gasteiger partial charge in [0.2, 0.25) is 0 Å². The molecule has 18 heavy (non-hydrogen) atoms. The summed E-state index contributed by atoms with van der Waals surface area (Å²) in [5.74, 6) is 0. The van der Waals surface area contributed by atoms with Crippen LogP contribution in [0.25, 0.3) is 10.6 Å². The van der Waals surface area contributed by atoms with Crippen molar-refractivity contribution in [2.45, 2.75) is 32.5 Å². The maximum Gasteiger partial charge on any atom is 0.123 e. The van der Waals surface area contributed by atoms with E-state index in [1.54, 1.807) is 11.3 Å². The number of hydrogen-bond donors (Lipinski definition) is 1. The minimum Gasteiger partial charge on any atom is -0.399 e. The fourth-order valence-electron chi connectivity index (χ4n) is 2.31. The van der Waals surface area contributed by atoms with Crippen molar-refractivity contribution >= 4 is 17.0 Å².